The summed E-state index contributed by atoms with van der Waals surface area (Å²) in [5.41, 5.74) is 0.524. The van der Waals surface area contributed by atoms with Gasteiger partial charge in [-0.05, 0) is 51.2 Å². The van der Waals surface area contributed by atoms with E-state index in [1.54, 1.807) is 0 Å². The summed E-state index contributed by atoms with van der Waals surface area (Å²) in [5, 5.41) is 3.62. The Balaban J connectivity index is 1.94. The van der Waals surface area contributed by atoms with E-state index in [0.717, 1.165) is 11.5 Å². The van der Waals surface area contributed by atoms with Crippen LogP contribution in [0.5, 0.6) is 0 Å². The van der Waals surface area contributed by atoms with Crippen LogP contribution in [-0.4, -0.2) is 6.04 Å². The summed E-state index contributed by atoms with van der Waals surface area (Å²) in [7, 11) is 0. The average Bonchev–Trinajstić information content (AvgIpc) is 2.77. The highest BCUT2D eigenvalue weighted by Gasteiger charge is 2.42. The van der Waals surface area contributed by atoms with Crippen molar-refractivity contribution in [1.82, 2.24) is 5.32 Å². The van der Waals surface area contributed by atoms with E-state index in [1.807, 2.05) is 13.0 Å². The third-order valence-electron chi connectivity index (χ3n) is 3.77. The van der Waals surface area contributed by atoms with Crippen LogP contribution in [0.1, 0.15) is 51.2 Å². The molecule has 1 heterocycles. The van der Waals surface area contributed by atoms with Crippen LogP contribution in [0, 0.1) is 12.3 Å². The smallest absolute Gasteiger partial charge is 0.120 e. The van der Waals surface area contributed by atoms with E-state index in [9.17, 15) is 0 Å². The zero-order chi connectivity index (χ0) is 11.1. The van der Waals surface area contributed by atoms with Crippen LogP contribution in [0.3, 0.4) is 0 Å². The Morgan fingerprint density at radius 3 is 2.47 bits per heavy atom. The van der Waals surface area contributed by atoms with Crippen molar-refractivity contribution >= 4 is 0 Å². The van der Waals surface area contributed by atoms with Gasteiger partial charge in [-0.2, -0.15) is 0 Å². The lowest BCUT2D eigenvalue weighted by Gasteiger charge is -2.23. The first-order valence-electron chi connectivity index (χ1n) is 5.84. The summed E-state index contributed by atoms with van der Waals surface area (Å²) in [5.74, 6) is 2.03. The first-order valence-corrected chi connectivity index (χ1v) is 5.84. The molecule has 1 fully saturated rings. The minimum atomic E-state index is 0.311. The quantitative estimate of drug-likeness (QED) is 0.818. The van der Waals surface area contributed by atoms with Gasteiger partial charge in [0.15, 0.2) is 0 Å². The predicted octanol–water partition coefficient (Wildman–Crippen LogP) is 3.43. The molecular weight excluding hydrogens is 186 g/mol. The average molecular weight is 207 g/mol. The fourth-order valence-corrected chi connectivity index (χ4v) is 1.97. The fraction of sp³-hybridized carbons (Fsp3) is 0.692. The molecule has 1 aromatic rings. The summed E-state index contributed by atoms with van der Waals surface area (Å²) < 4.78 is 5.62. The lowest BCUT2D eigenvalue weighted by molar-refractivity contribution is 0.321. The van der Waals surface area contributed by atoms with Gasteiger partial charge in [-0.15, -0.1) is 0 Å². The molecule has 15 heavy (non-hydrogen) atoms. The lowest BCUT2D eigenvalue weighted by Crippen LogP contribution is -2.35. The van der Waals surface area contributed by atoms with Gasteiger partial charge in [0, 0.05) is 6.04 Å². The molecule has 1 saturated carbocycles. The monoisotopic (exact) mass is 207 g/mol. The second-order valence-corrected chi connectivity index (χ2v) is 5.21. The van der Waals surface area contributed by atoms with Crippen molar-refractivity contribution in [2.75, 3.05) is 0 Å². The maximum absolute atomic E-state index is 5.62. The van der Waals surface area contributed by atoms with Crippen molar-refractivity contribution in [1.29, 1.82) is 0 Å². The molecule has 2 rings (SSSR count). The van der Waals surface area contributed by atoms with E-state index < -0.39 is 0 Å². The summed E-state index contributed by atoms with van der Waals surface area (Å²) in [6.45, 7) is 8.78. The van der Waals surface area contributed by atoms with E-state index in [4.69, 9.17) is 4.42 Å². The lowest BCUT2D eigenvalue weighted by atomic mass is 10.00. The zero-order valence-electron chi connectivity index (χ0n) is 10.1. The van der Waals surface area contributed by atoms with Gasteiger partial charge in [-0.3, -0.25) is 0 Å². The highest BCUT2D eigenvalue weighted by molar-refractivity contribution is 5.10. The number of hydrogen-bond donors (Lipinski definition) is 1. The van der Waals surface area contributed by atoms with Crippen molar-refractivity contribution in [2.45, 2.75) is 52.6 Å². The highest BCUT2D eigenvalue weighted by atomic mass is 16.3. The van der Waals surface area contributed by atoms with Crippen LogP contribution in [-0.2, 0) is 0 Å². The number of rotatable bonds is 4. The number of nitrogens with one attached hydrogen (secondary N) is 1. The van der Waals surface area contributed by atoms with Gasteiger partial charge < -0.3 is 9.73 Å². The Morgan fingerprint density at radius 1 is 1.33 bits per heavy atom. The predicted molar refractivity (Wildman–Crippen MR) is 61.8 cm³/mol. The van der Waals surface area contributed by atoms with Gasteiger partial charge in [0.05, 0.1) is 6.04 Å². The molecule has 0 aliphatic heterocycles. The molecule has 0 aromatic carbocycles. The van der Waals surface area contributed by atoms with Gasteiger partial charge in [0.2, 0.25) is 0 Å². The Hall–Kier alpha value is -0.760. The van der Waals surface area contributed by atoms with Crippen molar-refractivity contribution in [3.05, 3.63) is 23.7 Å². The van der Waals surface area contributed by atoms with Gasteiger partial charge >= 0.3 is 0 Å². The van der Waals surface area contributed by atoms with E-state index >= 15 is 0 Å². The van der Waals surface area contributed by atoms with Crippen LogP contribution in [0.4, 0.5) is 0 Å². The zero-order valence-corrected chi connectivity index (χ0v) is 10.1. The molecule has 84 valence electrons. The first kappa shape index (κ1) is 10.7. The van der Waals surface area contributed by atoms with E-state index in [0.29, 0.717) is 17.5 Å². The Kier molecular flexibility index (Phi) is 2.63. The summed E-state index contributed by atoms with van der Waals surface area (Å²) in [6, 6.07) is 4.97. The van der Waals surface area contributed by atoms with Crippen LogP contribution in [0.25, 0.3) is 0 Å². The SMILES string of the molecule is Cc1ccc(C(C)NC(C)C2(C)CC2)o1. The van der Waals surface area contributed by atoms with Gasteiger partial charge in [0.25, 0.3) is 0 Å². The largest absolute Gasteiger partial charge is 0.465 e. The molecular formula is C13H21NO. The van der Waals surface area contributed by atoms with E-state index in [-0.39, 0.29) is 0 Å². The number of aryl methyl sites for hydroxylation is 1. The number of furan rings is 1. The third-order valence-corrected chi connectivity index (χ3v) is 3.77. The Labute approximate surface area is 92.1 Å². The van der Waals surface area contributed by atoms with Crippen LogP contribution in [0.2, 0.25) is 0 Å². The number of hydrogen-bond acceptors (Lipinski definition) is 2. The second-order valence-electron chi connectivity index (χ2n) is 5.21. The molecule has 1 aliphatic carbocycles. The third kappa shape index (κ3) is 2.25. The molecule has 0 spiro atoms. The van der Waals surface area contributed by atoms with Crippen molar-refractivity contribution in [3.63, 3.8) is 0 Å². The van der Waals surface area contributed by atoms with E-state index in [2.05, 4.69) is 32.2 Å². The standard InChI is InChI=1S/C13H21NO/c1-9-5-6-12(15-9)10(2)14-11(3)13(4)7-8-13/h5-6,10-11,14H,7-8H2,1-4H3. The molecule has 2 unspecified atom stereocenters. The Morgan fingerprint density at radius 2 is 2.00 bits per heavy atom. The molecule has 0 amide bonds. The van der Waals surface area contributed by atoms with Crippen molar-refractivity contribution in [2.24, 2.45) is 5.41 Å². The summed E-state index contributed by atoms with van der Waals surface area (Å²) >= 11 is 0. The minimum absolute atomic E-state index is 0.311. The maximum Gasteiger partial charge on any atom is 0.120 e. The summed E-state index contributed by atoms with van der Waals surface area (Å²) in [4.78, 5) is 0. The van der Waals surface area contributed by atoms with Gasteiger partial charge in [0.1, 0.15) is 11.5 Å². The maximum atomic E-state index is 5.62. The van der Waals surface area contributed by atoms with Crippen LogP contribution < -0.4 is 5.32 Å². The molecule has 2 atom stereocenters. The van der Waals surface area contributed by atoms with Crippen molar-refractivity contribution in [3.8, 4) is 0 Å². The molecule has 1 aromatic heterocycles. The molecule has 1 N–H and O–H groups in total. The van der Waals surface area contributed by atoms with Crippen LogP contribution >= 0.6 is 0 Å². The molecule has 2 heteroatoms. The van der Waals surface area contributed by atoms with Crippen molar-refractivity contribution < 1.29 is 4.42 Å². The topological polar surface area (TPSA) is 25.2 Å². The molecule has 0 saturated heterocycles. The molecule has 0 bridgehead atoms. The first-order chi connectivity index (χ1) is 7.01. The van der Waals surface area contributed by atoms with E-state index in [1.165, 1.54) is 12.8 Å². The normalized spacial score (nSPS) is 22.4. The minimum Gasteiger partial charge on any atom is -0.465 e. The van der Waals surface area contributed by atoms with Gasteiger partial charge in [-0.1, -0.05) is 6.92 Å². The Bertz CT molecular complexity index is 338. The highest BCUT2D eigenvalue weighted by Crippen LogP contribution is 2.48. The molecule has 1 aliphatic rings. The second kappa shape index (κ2) is 3.67. The van der Waals surface area contributed by atoms with Crippen LogP contribution in [0.15, 0.2) is 16.5 Å². The summed E-state index contributed by atoms with van der Waals surface area (Å²) in [6.07, 6.45) is 2.70. The van der Waals surface area contributed by atoms with Gasteiger partial charge in [-0.25, -0.2) is 0 Å². The molecule has 0 radical (unpaired) electrons. The molecule has 2 nitrogen and oxygen atoms in total. The fourth-order valence-electron chi connectivity index (χ4n) is 1.97.